The van der Waals surface area contributed by atoms with E-state index < -0.39 is 0 Å². The number of anilines is 1. The van der Waals surface area contributed by atoms with Crippen LogP contribution in [-0.2, 0) is 4.74 Å². The third-order valence-electron chi connectivity index (χ3n) is 4.00. The summed E-state index contributed by atoms with van der Waals surface area (Å²) >= 11 is 6.32. The molecule has 7 heteroatoms. The zero-order valence-electron chi connectivity index (χ0n) is 12.7. The number of aromatic nitrogens is 4. The van der Waals surface area contributed by atoms with E-state index in [2.05, 4.69) is 20.0 Å². The molecule has 0 aliphatic carbocycles. The lowest BCUT2D eigenvalue weighted by molar-refractivity contribution is 0.0394. The van der Waals surface area contributed by atoms with Gasteiger partial charge >= 0.3 is 0 Å². The molecule has 3 heterocycles. The van der Waals surface area contributed by atoms with Gasteiger partial charge in [0.25, 0.3) is 5.78 Å². The van der Waals surface area contributed by atoms with Crippen molar-refractivity contribution in [1.29, 1.82) is 0 Å². The molecule has 3 aromatic rings. The second kappa shape index (κ2) is 5.79. The topological polar surface area (TPSA) is 55.6 Å². The molecule has 4 rings (SSSR count). The summed E-state index contributed by atoms with van der Waals surface area (Å²) in [7, 11) is 0. The van der Waals surface area contributed by atoms with Crippen molar-refractivity contribution in [2.45, 2.75) is 13.0 Å². The Morgan fingerprint density at radius 2 is 2.17 bits per heavy atom. The molecule has 1 saturated heterocycles. The van der Waals surface area contributed by atoms with Crippen molar-refractivity contribution >= 4 is 23.2 Å². The minimum atomic E-state index is -0.0653. The Morgan fingerprint density at radius 3 is 3.04 bits per heavy atom. The van der Waals surface area contributed by atoms with Crippen LogP contribution >= 0.6 is 11.6 Å². The predicted octanol–water partition coefficient (Wildman–Crippen LogP) is 2.66. The van der Waals surface area contributed by atoms with Gasteiger partial charge in [-0.1, -0.05) is 29.8 Å². The van der Waals surface area contributed by atoms with Gasteiger partial charge in [0.05, 0.1) is 6.61 Å². The molecule has 1 aromatic carbocycles. The van der Waals surface area contributed by atoms with Crippen molar-refractivity contribution in [3.63, 3.8) is 0 Å². The van der Waals surface area contributed by atoms with Gasteiger partial charge in [-0.25, -0.2) is 4.98 Å². The predicted molar refractivity (Wildman–Crippen MR) is 87.9 cm³/mol. The number of aryl methyl sites for hydroxylation is 1. The molecular weight excluding hydrogens is 314 g/mol. The van der Waals surface area contributed by atoms with Gasteiger partial charge in [-0.05, 0) is 13.0 Å². The lowest BCUT2D eigenvalue weighted by Gasteiger charge is -2.34. The van der Waals surface area contributed by atoms with E-state index >= 15 is 0 Å². The lowest BCUT2D eigenvalue weighted by atomic mass is 10.1. The zero-order chi connectivity index (χ0) is 15.8. The maximum atomic E-state index is 6.32. The van der Waals surface area contributed by atoms with Gasteiger partial charge in [-0.3, -0.25) is 0 Å². The second-order valence-corrected chi connectivity index (χ2v) is 5.96. The Hall–Kier alpha value is -2.18. The van der Waals surface area contributed by atoms with Crippen LogP contribution in [-0.4, -0.2) is 39.3 Å². The summed E-state index contributed by atoms with van der Waals surface area (Å²) in [6.07, 6.45) is 1.46. The highest BCUT2D eigenvalue weighted by atomic mass is 35.5. The first-order valence-electron chi connectivity index (χ1n) is 7.51. The van der Waals surface area contributed by atoms with Crippen LogP contribution in [0.1, 0.15) is 17.4 Å². The van der Waals surface area contributed by atoms with Gasteiger partial charge in [0, 0.05) is 35.4 Å². The molecule has 2 aromatic heterocycles. The van der Waals surface area contributed by atoms with Gasteiger partial charge < -0.3 is 9.64 Å². The van der Waals surface area contributed by atoms with Gasteiger partial charge in [0.2, 0.25) is 0 Å². The Morgan fingerprint density at radius 1 is 1.30 bits per heavy atom. The molecule has 118 valence electrons. The average Bonchev–Trinajstić information content (AvgIpc) is 3.03. The number of morpholine rings is 1. The molecule has 0 saturated carbocycles. The summed E-state index contributed by atoms with van der Waals surface area (Å²) in [6.45, 7) is 4.10. The normalized spacial score (nSPS) is 18.5. The third-order valence-corrected chi connectivity index (χ3v) is 4.35. The maximum absolute atomic E-state index is 6.32. The third kappa shape index (κ3) is 2.64. The van der Waals surface area contributed by atoms with Crippen molar-refractivity contribution in [2.75, 3.05) is 24.6 Å². The Bertz CT molecular complexity index is 849. The highest BCUT2D eigenvalue weighted by Crippen LogP contribution is 2.30. The molecule has 0 amide bonds. The Kier molecular flexibility index (Phi) is 3.63. The molecule has 0 N–H and O–H groups in total. The highest BCUT2D eigenvalue weighted by molar-refractivity contribution is 6.31. The number of nitrogens with zero attached hydrogens (tertiary/aromatic N) is 5. The summed E-state index contributed by atoms with van der Waals surface area (Å²) in [6, 6.07) is 9.84. The fraction of sp³-hybridized carbons (Fsp3) is 0.312. The Labute approximate surface area is 138 Å². The van der Waals surface area contributed by atoms with Crippen molar-refractivity contribution in [3.05, 3.63) is 52.9 Å². The van der Waals surface area contributed by atoms with E-state index in [1.807, 2.05) is 37.3 Å². The van der Waals surface area contributed by atoms with Crippen LogP contribution in [0.4, 0.5) is 5.82 Å². The van der Waals surface area contributed by atoms with Crippen LogP contribution in [0.15, 0.2) is 36.7 Å². The highest BCUT2D eigenvalue weighted by Gasteiger charge is 2.25. The molecule has 0 spiro atoms. The van der Waals surface area contributed by atoms with E-state index in [0.29, 0.717) is 18.9 Å². The first kappa shape index (κ1) is 14.4. The van der Waals surface area contributed by atoms with Crippen LogP contribution < -0.4 is 4.90 Å². The second-order valence-electron chi connectivity index (χ2n) is 5.55. The van der Waals surface area contributed by atoms with Crippen molar-refractivity contribution in [2.24, 2.45) is 0 Å². The first-order valence-corrected chi connectivity index (χ1v) is 7.88. The summed E-state index contributed by atoms with van der Waals surface area (Å²) in [5.41, 5.74) is 1.93. The van der Waals surface area contributed by atoms with E-state index in [-0.39, 0.29) is 6.10 Å². The standard InChI is InChI=1S/C16H16ClN5O/c1-11-8-15(22-16(20-11)18-10-19-22)21-6-7-23-14(9-21)12-4-2-3-5-13(12)17/h2-5,8,10,14H,6-7,9H2,1H3. The molecule has 1 atom stereocenters. The van der Waals surface area contributed by atoms with E-state index in [0.717, 1.165) is 28.6 Å². The van der Waals surface area contributed by atoms with Crippen molar-refractivity contribution < 1.29 is 4.74 Å². The summed E-state index contributed by atoms with van der Waals surface area (Å²) in [4.78, 5) is 10.8. The van der Waals surface area contributed by atoms with Crippen molar-refractivity contribution in [1.82, 2.24) is 19.6 Å². The summed E-state index contributed by atoms with van der Waals surface area (Å²) in [5.74, 6) is 1.59. The van der Waals surface area contributed by atoms with E-state index in [9.17, 15) is 0 Å². The average molecular weight is 330 g/mol. The smallest absolute Gasteiger partial charge is 0.254 e. The molecule has 6 nitrogen and oxygen atoms in total. The monoisotopic (exact) mass is 329 g/mol. The van der Waals surface area contributed by atoms with Gasteiger partial charge in [-0.15, -0.1) is 0 Å². The number of halogens is 1. The molecule has 1 unspecified atom stereocenters. The minimum Gasteiger partial charge on any atom is -0.370 e. The zero-order valence-corrected chi connectivity index (χ0v) is 13.4. The van der Waals surface area contributed by atoms with Crippen LogP contribution in [0.25, 0.3) is 5.78 Å². The quantitative estimate of drug-likeness (QED) is 0.723. The van der Waals surface area contributed by atoms with E-state index in [1.165, 1.54) is 6.33 Å². The molecular formula is C16H16ClN5O. The van der Waals surface area contributed by atoms with E-state index in [4.69, 9.17) is 16.3 Å². The molecule has 23 heavy (non-hydrogen) atoms. The number of ether oxygens (including phenoxy) is 1. The van der Waals surface area contributed by atoms with Crippen molar-refractivity contribution in [3.8, 4) is 0 Å². The molecule has 1 fully saturated rings. The van der Waals surface area contributed by atoms with Crippen LogP contribution in [0.3, 0.4) is 0 Å². The summed E-state index contributed by atoms with van der Waals surface area (Å²) in [5, 5.41) is 5.02. The van der Waals surface area contributed by atoms with E-state index in [1.54, 1.807) is 4.52 Å². The van der Waals surface area contributed by atoms with Gasteiger partial charge in [-0.2, -0.15) is 14.6 Å². The number of benzene rings is 1. The fourth-order valence-corrected chi connectivity index (χ4v) is 3.18. The largest absolute Gasteiger partial charge is 0.370 e. The van der Waals surface area contributed by atoms with Crippen LogP contribution in [0, 0.1) is 6.92 Å². The summed E-state index contributed by atoms with van der Waals surface area (Å²) < 4.78 is 7.70. The first-order chi connectivity index (χ1) is 11.2. The van der Waals surface area contributed by atoms with Crippen LogP contribution in [0.2, 0.25) is 5.02 Å². The fourth-order valence-electron chi connectivity index (χ4n) is 2.92. The molecule has 0 radical (unpaired) electrons. The maximum Gasteiger partial charge on any atom is 0.254 e. The molecule has 1 aliphatic rings. The number of fused-ring (bicyclic) bond motifs is 1. The number of hydrogen-bond donors (Lipinski definition) is 0. The Balaban J connectivity index is 1.69. The molecule has 0 bridgehead atoms. The SMILES string of the molecule is Cc1cc(N2CCOC(c3ccccc3Cl)C2)n2ncnc2n1. The number of hydrogen-bond acceptors (Lipinski definition) is 5. The van der Waals surface area contributed by atoms with Gasteiger partial charge in [0.1, 0.15) is 18.2 Å². The van der Waals surface area contributed by atoms with Crippen LogP contribution in [0.5, 0.6) is 0 Å². The minimum absolute atomic E-state index is 0.0653. The van der Waals surface area contributed by atoms with Gasteiger partial charge in [0.15, 0.2) is 0 Å². The number of rotatable bonds is 2. The lowest BCUT2D eigenvalue weighted by Crippen LogP contribution is -2.39. The molecule has 1 aliphatic heterocycles.